The zero-order chi connectivity index (χ0) is 34.5. The lowest BCUT2D eigenvalue weighted by Crippen LogP contribution is -2.71. The van der Waals surface area contributed by atoms with E-state index < -0.39 is 40.7 Å². The van der Waals surface area contributed by atoms with Crippen molar-refractivity contribution >= 4 is 57.7 Å². The maximum absolute atomic E-state index is 13.6. The Kier molecular flexibility index (Phi) is 9.78. The topological polar surface area (TPSA) is 160 Å². The van der Waals surface area contributed by atoms with Crippen molar-refractivity contribution in [3.8, 4) is 0 Å². The number of thioether (sulfide) groups is 1. The molecule has 0 spiro atoms. The summed E-state index contributed by atoms with van der Waals surface area (Å²) in [5.41, 5.74) is 2.15. The molecule has 250 valence electrons. The molecule has 12 nitrogen and oxygen atoms in total. The van der Waals surface area contributed by atoms with Gasteiger partial charge in [0.25, 0.3) is 11.8 Å². The van der Waals surface area contributed by atoms with E-state index in [1.807, 2.05) is 91.0 Å². The van der Waals surface area contributed by atoms with Gasteiger partial charge in [-0.15, -0.1) is 23.1 Å². The number of ether oxygens (including phenoxy) is 1. The van der Waals surface area contributed by atoms with E-state index in [0.717, 1.165) is 21.6 Å². The SMILES string of the molecule is CON=C(C(=O)N[C@@H]1C(=O)N2C(C(=O)O)=C(COC(C)=O)CS[C@@H]12)c1csc(NC(c2ccccc2)(c2ccccc2)c2ccccc2)n1. The molecule has 4 aromatic rings. The van der Waals surface area contributed by atoms with Gasteiger partial charge in [0.1, 0.15) is 42.1 Å². The normalized spacial score (nSPS) is 17.5. The van der Waals surface area contributed by atoms with E-state index >= 15 is 0 Å². The number of carbonyl (C=O) groups excluding carboxylic acids is 3. The number of rotatable bonds is 12. The van der Waals surface area contributed by atoms with Crippen LogP contribution in [-0.4, -0.2) is 75.3 Å². The number of aromatic nitrogens is 1. The lowest BCUT2D eigenvalue weighted by molar-refractivity contribution is -0.150. The summed E-state index contributed by atoms with van der Waals surface area (Å²) < 4.78 is 4.99. The Morgan fingerprint density at radius 3 is 2.06 bits per heavy atom. The van der Waals surface area contributed by atoms with Crippen LogP contribution in [0.3, 0.4) is 0 Å². The molecule has 0 bridgehead atoms. The Hall–Kier alpha value is -5.47. The fraction of sp³-hybridized carbons (Fsp3) is 0.200. The van der Waals surface area contributed by atoms with Gasteiger partial charge in [-0.25, -0.2) is 9.78 Å². The Morgan fingerprint density at radius 1 is 0.980 bits per heavy atom. The number of nitrogens with one attached hydrogen (secondary N) is 2. The van der Waals surface area contributed by atoms with E-state index in [0.29, 0.717) is 10.7 Å². The molecule has 0 aliphatic carbocycles. The minimum atomic E-state index is -1.33. The number of nitrogens with zero attached hydrogens (tertiary/aromatic N) is 3. The second kappa shape index (κ2) is 14.3. The Bertz CT molecular complexity index is 1840. The van der Waals surface area contributed by atoms with Gasteiger partial charge in [0.05, 0.1) is 0 Å². The number of β-lactam (4-membered cyclic amide) rings is 1. The second-order valence-corrected chi connectivity index (χ2v) is 13.0. The van der Waals surface area contributed by atoms with E-state index in [1.165, 1.54) is 37.1 Å². The summed E-state index contributed by atoms with van der Waals surface area (Å²) in [6, 6.07) is 28.9. The first-order chi connectivity index (χ1) is 23.7. The smallest absolute Gasteiger partial charge is 0.352 e. The zero-order valence-electron chi connectivity index (χ0n) is 26.4. The third kappa shape index (κ3) is 6.52. The summed E-state index contributed by atoms with van der Waals surface area (Å²) in [6.45, 7) is 0.968. The highest BCUT2D eigenvalue weighted by atomic mass is 32.2. The van der Waals surface area contributed by atoms with Gasteiger partial charge in [-0.05, 0) is 16.7 Å². The average molecular weight is 698 g/mol. The van der Waals surface area contributed by atoms with Crippen LogP contribution in [0.2, 0.25) is 0 Å². The summed E-state index contributed by atoms with van der Waals surface area (Å²) in [4.78, 5) is 61.1. The largest absolute Gasteiger partial charge is 0.477 e. The molecule has 6 rings (SSSR count). The van der Waals surface area contributed by atoms with Crippen LogP contribution in [-0.2, 0) is 34.3 Å². The van der Waals surface area contributed by atoms with Crippen LogP contribution in [0.5, 0.6) is 0 Å². The molecule has 3 heterocycles. The third-order valence-corrected chi connectivity index (χ3v) is 10.1. The molecule has 3 aromatic carbocycles. The number of carboxylic acids is 1. The molecule has 0 saturated carbocycles. The Morgan fingerprint density at radius 2 is 1.55 bits per heavy atom. The predicted octanol–water partition coefficient (Wildman–Crippen LogP) is 4.20. The fourth-order valence-electron chi connectivity index (χ4n) is 5.87. The van der Waals surface area contributed by atoms with Crippen LogP contribution < -0.4 is 10.6 Å². The number of amides is 2. The molecule has 0 radical (unpaired) electrons. The van der Waals surface area contributed by atoms with Gasteiger partial charge in [0.2, 0.25) is 0 Å². The van der Waals surface area contributed by atoms with Crippen LogP contribution in [0.1, 0.15) is 29.3 Å². The number of benzene rings is 3. The number of hydrogen-bond donors (Lipinski definition) is 3. The number of esters is 1. The van der Waals surface area contributed by atoms with Gasteiger partial charge >= 0.3 is 11.9 Å². The van der Waals surface area contributed by atoms with Crippen LogP contribution in [0, 0.1) is 0 Å². The lowest BCUT2D eigenvalue weighted by Gasteiger charge is -2.49. The highest BCUT2D eigenvalue weighted by Gasteiger charge is 2.54. The molecular formula is C35H31N5O7S2. The van der Waals surface area contributed by atoms with Gasteiger partial charge < -0.3 is 25.3 Å². The van der Waals surface area contributed by atoms with Gasteiger partial charge in [-0.1, -0.05) is 96.2 Å². The first-order valence-electron chi connectivity index (χ1n) is 15.1. The molecule has 3 N–H and O–H groups in total. The summed E-state index contributed by atoms with van der Waals surface area (Å²) in [7, 11) is 1.30. The maximum atomic E-state index is 13.6. The highest BCUT2D eigenvalue weighted by Crippen LogP contribution is 2.42. The summed E-state index contributed by atoms with van der Waals surface area (Å²) in [5.74, 6) is -3.03. The summed E-state index contributed by atoms with van der Waals surface area (Å²) >= 11 is 2.53. The minimum absolute atomic E-state index is 0.159. The van der Waals surface area contributed by atoms with Gasteiger partial charge in [0.15, 0.2) is 10.8 Å². The number of hydrogen-bond acceptors (Lipinski definition) is 11. The fourth-order valence-corrected chi connectivity index (χ4v) is 7.95. The number of oxime groups is 1. The third-order valence-electron chi connectivity index (χ3n) is 8.05. The van der Waals surface area contributed by atoms with Crippen LogP contribution in [0.15, 0.2) is 113 Å². The zero-order valence-corrected chi connectivity index (χ0v) is 28.0. The van der Waals surface area contributed by atoms with Crippen LogP contribution in [0.25, 0.3) is 0 Å². The van der Waals surface area contributed by atoms with Gasteiger partial charge in [-0.2, -0.15) is 0 Å². The molecule has 1 aromatic heterocycles. The van der Waals surface area contributed by atoms with E-state index in [4.69, 9.17) is 14.6 Å². The molecule has 0 unspecified atom stereocenters. The molecule has 2 amide bonds. The highest BCUT2D eigenvalue weighted by molar-refractivity contribution is 8.00. The van der Waals surface area contributed by atoms with Crippen molar-refractivity contribution < 1.29 is 33.9 Å². The number of carboxylic acid groups (broad SMARTS) is 1. The van der Waals surface area contributed by atoms with Crippen LogP contribution >= 0.6 is 23.1 Å². The van der Waals surface area contributed by atoms with Gasteiger partial charge in [-0.3, -0.25) is 19.3 Å². The molecule has 2 atom stereocenters. The van der Waals surface area contributed by atoms with Crippen molar-refractivity contribution in [1.82, 2.24) is 15.2 Å². The number of thiazole rings is 1. The summed E-state index contributed by atoms with van der Waals surface area (Å²) in [6.07, 6.45) is 0. The minimum Gasteiger partial charge on any atom is -0.477 e. The van der Waals surface area contributed by atoms with E-state index in [9.17, 15) is 24.3 Å². The maximum Gasteiger partial charge on any atom is 0.352 e. The molecular weight excluding hydrogens is 667 g/mol. The number of fused-ring (bicyclic) bond motifs is 1. The summed E-state index contributed by atoms with van der Waals surface area (Å²) in [5, 5.41) is 21.6. The molecule has 1 fully saturated rings. The first kappa shape index (κ1) is 33.4. The standard InChI is InChI=1S/C35H31N5O7S2/c1-21(41)47-18-22-19-48-32-28(31(43)40(32)29(22)33(44)45)37-30(42)27(39-46-2)26-20-49-34(36-26)38-35(23-12-6-3-7-13-23,24-14-8-4-9-15-24)25-16-10-5-11-17-25/h3-17,20,28,32H,18-19H2,1-2H3,(H,36,38)(H,37,42)(H,44,45)/t28-,32+/m1/s1. The van der Waals surface area contributed by atoms with E-state index in [-0.39, 0.29) is 29.5 Å². The second-order valence-electron chi connectivity index (χ2n) is 11.0. The van der Waals surface area contributed by atoms with Crippen molar-refractivity contribution in [2.75, 3.05) is 24.8 Å². The first-order valence-corrected chi connectivity index (χ1v) is 17.0. The average Bonchev–Trinajstić information content (AvgIpc) is 3.59. The van der Waals surface area contributed by atoms with Crippen molar-refractivity contribution in [1.29, 1.82) is 0 Å². The van der Waals surface area contributed by atoms with E-state index in [1.54, 1.807) is 5.38 Å². The number of carbonyl (C=O) groups is 4. The number of anilines is 1. The monoisotopic (exact) mass is 697 g/mol. The Labute approximate surface area is 289 Å². The molecule has 2 aliphatic heterocycles. The lowest BCUT2D eigenvalue weighted by atomic mass is 9.77. The van der Waals surface area contributed by atoms with Gasteiger partial charge in [0, 0.05) is 23.6 Å². The quantitative estimate of drug-likeness (QED) is 0.0644. The predicted molar refractivity (Wildman–Crippen MR) is 185 cm³/mol. The van der Waals surface area contributed by atoms with Crippen LogP contribution in [0.4, 0.5) is 5.13 Å². The molecule has 14 heteroatoms. The van der Waals surface area contributed by atoms with Crippen molar-refractivity contribution in [3.63, 3.8) is 0 Å². The van der Waals surface area contributed by atoms with Crippen molar-refractivity contribution in [3.05, 3.63) is 130 Å². The van der Waals surface area contributed by atoms with E-state index in [2.05, 4.69) is 15.8 Å². The number of aliphatic carboxylic acids is 1. The van der Waals surface area contributed by atoms with Crippen molar-refractivity contribution in [2.45, 2.75) is 23.9 Å². The van der Waals surface area contributed by atoms with Crippen molar-refractivity contribution in [2.24, 2.45) is 5.16 Å². The molecule has 49 heavy (non-hydrogen) atoms. The molecule has 1 saturated heterocycles. The molecule has 2 aliphatic rings. The Balaban J connectivity index is 1.27.